The highest BCUT2D eigenvalue weighted by molar-refractivity contribution is 6.30. The predicted molar refractivity (Wildman–Crippen MR) is 69.2 cm³/mol. The lowest BCUT2D eigenvalue weighted by atomic mass is 10.0. The van der Waals surface area contributed by atoms with Crippen LogP contribution >= 0.6 is 11.6 Å². The third-order valence-corrected chi connectivity index (χ3v) is 3.53. The minimum absolute atomic E-state index is 0.226. The average Bonchev–Trinajstić information content (AvgIpc) is 2.40. The Balaban J connectivity index is 2.24. The molecule has 1 heterocycles. The molecule has 1 saturated heterocycles. The van der Waals surface area contributed by atoms with Crippen LogP contribution in [0.25, 0.3) is 0 Å². The lowest BCUT2D eigenvalue weighted by Crippen LogP contribution is -2.45. The molecular formula is C13H17ClF2N2. The number of hydrogen-bond acceptors (Lipinski definition) is 2. The monoisotopic (exact) mass is 274 g/mol. The zero-order valence-corrected chi connectivity index (χ0v) is 10.9. The molecule has 0 aliphatic carbocycles. The molecule has 1 atom stereocenters. The van der Waals surface area contributed by atoms with Gasteiger partial charge >= 0.3 is 0 Å². The largest absolute Gasteiger partial charge is 0.314 e. The Kier molecular flexibility index (Phi) is 4.92. The van der Waals surface area contributed by atoms with Crippen molar-refractivity contribution in [2.75, 3.05) is 32.9 Å². The van der Waals surface area contributed by atoms with Crippen LogP contribution in [0.3, 0.4) is 0 Å². The second-order valence-corrected chi connectivity index (χ2v) is 4.88. The average molecular weight is 275 g/mol. The van der Waals surface area contributed by atoms with E-state index in [0.717, 1.165) is 26.2 Å². The van der Waals surface area contributed by atoms with Crippen LogP contribution in [0.1, 0.15) is 18.0 Å². The second-order valence-electron chi connectivity index (χ2n) is 4.45. The minimum Gasteiger partial charge on any atom is -0.314 e. The van der Waals surface area contributed by atoms with Crippen LogP contribution in [0.2, 0.25) is 5.02 Å². The number of nitrogens with one attached hydrogen (secondary N) is 1. The second kappa shape index (κ2) is 6.45. The fourth-order valence-electron chi connectivity index (χ4n) is 2.40. The van der Waals surface area contributed by atoms with E-state index in [9.17, 15) is 8.78 Å². The van der Waals surface area contributed by atoms with Gasteiger partial charge in [-0.05, 0) is 24.6 Å². The van der Waals surface area contributed by atoms with E-state index < -0.39 is 6.67 Å². The van der Waals surface area contributed by atoms with E-state index in [1.165, 1.54) is 12.1 Å². The van der Waals surface area contributed by atoms with Crippen molar-refractivity contribution in [3.8, 4) is 0 Å². The van der Waals surface area contributed by atoms with Crippen molar-refractivity contribution in [3.63, 3.8) is 0 Å². The van der Waals surface area contributed by atoms with Gasteiger partial charge in [0, 0.05) is 42.8 Å². The SMILES string of the molecule is FCC[C@H](c1cc(Cl)ccc1F)N1CCNCC1. The van der Waals surface area contributed by atoms with Crippen LogP contribution in [0.4, 0.5) is 8.78 Å². The molecule has 2 nitrogen and oxygen atoms in total. The Hall–Kier alpha value is -0.710. The Bertz CT molecular complexity index is 395. The van der Waals surface area contributed by atoms with Crippen LogP contribution < -0.4 is 5.32 Å². The van der Waals surface area contributed by atoms with Gasteiger partial charge in [-0.25, -0.2) is 4.39 Å². The number of alkyl halides is 1. The maximum atomic E-state index is 13.9. The first kappa shape index (κ1) is 13.7. The molecule has 0 aromatic heterocycles. The Morgan fingerprint density at radius 1 is 1.33 bits per heavy atom. The van der Waals surface area contributed by atoms with E-state index in [0.29, 0.717) is 17.0 Å². The summed E-state index contributed by atoms with van der Waals surface area (Å²) in [4.78, 5) is 2.12. The molecule has 0 saturated carbocycles. The molecule has 0 bridgehead atoms. The molecule has 1 aliphatic heterocycles. The third-order valence-electron chi connectivity index (χ3n) is 3.29. The number of rotatable bonds is 4. The van der Waals surface area contributed by atoms with E-state index in [1.807, 2.05) is 0 Å². The number of nitrogens with zero attached hydrogens (tertiary/aromatic N) is 1. The molecule has 0 unspecified atom stereocenters. The first-order valence-electron chi connectivity index (χ1n) is 6.18. The van der Waals surface area contributed by atoms with Gasteiger partial charge in [-0.1, -0.05) is 11.6 Å². The molecule has 18 heavy (non-hydrogen) atoms. The quantitative estimate of drug-likeness (QED) is 0.908. The molecule has 1 aromatic carbocycles. The van der Waals surface area contributed by atoms with Gasteiger partial charge in [0.05, 0.1) is 6.67 Å². The topological polar surface area (TPSA) is 15.3 Å². The molecule has 1 aromatic rings. The van der Waals surface area contributed by atoms with Crippen LogP contribution in [0.5, 0.6) is 0 Å². The summed E-state index contributed by atoms with van der Waals surface area (Å²) in [5.41, 5.74) is 0.502. The maximum absolute atomic E-state index is 13.9. The minimum atomic E-state index is -0.458. The smallest absolute Gasteiger partial charge is 0.128 e. The Labute approximate surface area is 111 Å². The molecule has 100 valence electrons. The van der Waals surface area contributed by atoms with Gasteiger partial charge in [0.25, 0.3) is 0 Å². The van der Waals surface area contributed by atoms with Gasteiger partial charge < -0.3 is 5.32 Å². The van der Waals surface area contributed by atoms with Gasteiger partial charge in [0.2, 0.25) is 0 Å². The van der Waals surface area contributed by atoms with Crippen molar-refractivity contribution in [1.29, 1.82) is 0 Å². The summed E-state index contributed by atoms with van der Waals surface area (Å²) in [6, 6.07) is 4.26. The van der Waals surface area contributed by atoms with Crippen molar-refractivity contribution < 1.29 is 8.78 Å². The number of hydrogen-bond donors (Lipinski definition) is 1. The Morgan fingerprint density at radius 3 is 2.72 bits per heavy atom. The van der Waals surface area contributed by atoms with Crippen molar-refractivity contribution in [2.45, 2.75) is 12.5 Å². The van der Waals surface area contributed by atoms with E-state index >= 15 is 0 Å². The van der Waals surface area contributed by atoms with Crippen molar-refractivity contribution in [3.05, 3.63) is 34.6 Å². The van der Waals surface area contributed by atoms with Crippen molar-refractivity contribution >= 4 is 11.6 Å². The molecule has 0 radical (unpaired) electrons. The summed E-state index contributed by atoms with van der Waals surface area (Å²) < 4.78 is 26.6. The molecule has 1 N–H and O–H groups in total. The van der Waals surface area contributed by atoms with Gasteiger partial charge in [0.15, 0.2) is 0 Å². The summed E-state index contributed by atoms with van der Waals surface area (Å²) >= 11 is 5.91. The highest BCUT2D eigenvalue weighted by Crippen LogP contribution is 2.29. The number of halogens is 3. The van der Waals surface area contributed by atoms with Gasteiger partial charge in [-0.15, -0.1) is 0 Å². The summed E-state index contributed by atoms with van der Waals surface area (Å²) in [5.74, 6) is -0.309. The van der Waals surface area contributed by atoms with Crippen LogP contribution in [-0.2, 0) is 0 Å². The fraction of sp³-hybridized carbons (Fsp3) is 0.538. The van der Waals surface area contributed by atoms with E-state index in [-0.39, 0.29) is 11.9 Å². The van der Waals surface area contributed by atoms with E-state index in [4.69, 9.17) is 11.6 Å². The molecule has 0 spiro atoms. The van der Waals surface area contributed by atoms with Crippen molar-refractivity contribution in [1.82, 2.24) is 10.2 Å². The Morgan fingerprint density at radius 2 is 2.06 bits per heavy atom. The molecule has 1 fully saturated rings. The molecule has 1 aliphatic rings. The normalized spacial score (nSPS) is 18.8. The maximum Gasteiger partial charge on any atom is 0.128 e. The van der Waals surface area contributed by atoms with Gasteiger partial charge in [0.1, 0.15) is 5.82 Å². The highest BCUT2D eigenvalue weighted by Gasteiger charge is 2.24. The van der Waals surface area contributed by atoms with Gasteiger partial charge in [-0.3, -0.25) is 9.29 Å². The first-order valence-corrected chi connectivity index (χ1v) is 6.56. The molecule has 2 rings (SSSR count). The first-order chi connectivity index (χ1) is 8.72. The summed E-state index contributed by atoms with van der Waals surface area (Å²) in [6.45, 7) is 2.85. The lowest BCUT2D eigenvalue weighted by molar-refractivity contribution is 0.154. The van der Waals surface area contributed by atoms with Crippen LogP contribution in [0, 0.1) is 5.82 Å². The van der Waals surface area contributed by atoms with E-state index in [1.54, 1.807) is 6.07 Å². The number of piperazine rings is 1. The van der Waals surface area contributed by atoms with Crippen LogP contribution in [-0.4, -0.2) is 37.8 Å². The summed E-state index contributed by atoms with van der Waals surface area (Å²) in [6.07, 6.45) is 0.303. The fourth-order valence-corrected chi connectivity index (χ4v) is 2.58. The highest BCUT2D eigenvalue weighted by atomic mass is 35.5. The molecular weight excluding hydrogens is 258 g/mol. The number of benzene rings is 1. The van der Waals surface area contributed by atoms with E-state index in [2.05, 4.69) is 10.2 Å². The summed E-state index contributed by atoms with van der Waals surface area (Å²) in [5, 5.41) is 3.73. The molecule has 0 amide bonds. The lowest BCUT2D eigenvalue weighted by Gasteiger charge is -2.35. The predicted octanol–water partition coefficient (Wildman–Crippen LogP) is 2.79. The van der Waals surface area contributed by atoms with Crippen LogP contribution in [0.15, 0.2) is 18.2 Å². The van der Waals surface area contributed by atoms with Gasteiger partial charge in [-0.2, -0.15) is 0 Å². The zero-order chi connectivity index (χ0) is 13.0. The molecule has 5 heteroatoms. The summed E-state index contributed by atoms with van der Waals surface area (Å²) in [7, 11) is 0. The third kappa shape index (κ3) is 3.19. The standard InChI is InChI=1S/C13H17ClF2N2/c14-10-1-2-12(16)11(9-10)13(3-4-15)18-7-5-17-6-8-18/h1-2,9,13,17H,3-8H2/t13-/m1/s1. The van der Waals surface area contributed by atoms with Crippen molar-refractivity contribution in [2.24, 2.45) is 0 Å². The zero-order valence-electron chi connectivity index (χ0n) is 10.1.